The van der Waals surface area contributed by atoms with Crippen LogP contribution in [0.25, 0.3) is 0 Å². The number of carbonyl (C=O) groups is 1. The molecule has 0 bridgehead atoms. The summed E-state index contributed by atoms with van der Waals surface area (Å²) in [5.41, 5.74) is -0.0997. The number of thiol groups is 1. The third kappa shape index (κ3) is 3.93. The van der Waals surface area contributed by atoms with Crippen LogP contribution in [0.15, 0.2) is 12.1 Å². The summed E-state index contributed by atoms with van der Waals surface area (Å²) < 4.78 is 4.58. The molecular weight excluding hydrogens is 298 g/mol. The molecule has 21 heavy (non-hydrogen) atoms. The first-order valence-electron chi connectivity index (χ1n) is 6.17. The SMILES string of the molecule is COC(=O)c1cc(C(O)C(O)CCS)cc([N+](=O)[O-])c1C. The summed E-state index contributed by atoms with van der Waals surface area (Å²) in [6.45, 7) is 1.42. The lowest BCUT2D eigenvalue weighted by Gasteiger charge is -2.18. The number of ether oxygens (including phenoxy) is 1. The van der Waals surface area contributed by atoms with E-state index in [9.17, 15) is 25.1 Å². The fraction of sp³-hybridized carbons (Fsp3) is 0.462. The molecule has 1 rings (SSSR count). The van der Waals surface area contributed by atoms with Gasteiger partial charge in [-0.05, 0) is 30.7 Å². The standard InChI is InChI=1S/C13H17NO6S/c1-7-9(13(17)20-2)5-8(6-10(7)14(18)19)12(16)11(15)3-4-21/h5-6,11-12,15-16,21H,3-4H2,1-2H3. The Morgan fingerprint density at radius 1 is 1.48 bits per heavy atom. The maximum absolute atomic E-state index is 11.7. The molecule has 2 atom stereocenters. The number of carbonyl (C=O) groups excluding carboxylic acids is 1. The molecule has 7 nitrogen and oxygen atoms in total. The zero-order chi connectivity index (χ0) is 16.2. The number of nitro benzene ring substituents is 1. The Balaban J connectivity index is 3.36. The summed E-state index contributed by atoms with van der Waals surface area (Å²) in [6, 6.07) is 2.44. The smallest absolute Gasteiger partial charge is 0.338 e. The van der Waals surface area contributed by atoms with Crippen LogP contribution in [0.4, 0.5) is 5.69 Å². The molecule has 2 unspecified atom stereocenters. The minimum Gasteiger partial charge on any atom is -0.465 e. The van der Waals surface area contributed by atoms with Crippen LogP contribution in [0.1, 0.15) is 34.0 Å². The highest BCUT2D eigenvalue weighted by Crippen LogP contribution is 2.29. The normalized spacial score (nSPS) is 13.6. The highest BCUT2D eigenvalue weighted by atomic mass is 32.1. The van der Waals surface area contributed by atoms with Gasteiger partial charge in [0.15, 0.2) is 0 Å². The van der Waals surface area contributed by atoms with Crippen molar-refractivity contribution < 1.29 is 24.7 Å². The zero-order valence-corrected chi connectivity index (χ0v) is 12.5. The third-order valence-electron chi connectivity index (χ3n) is 3.14. The number of hydrogen-bond donors (Lipinski definition) is 3. The summed E-state index contributed by atoms with van der Waals surface area (Å²) in [6.07, 6.45) is -2.27. The van der Waals surface area contributed by atoms with E-state index in [0.717, 1.165) is 13.2 Å². The molecule has 0 aromatic heterocycles. The van der Waals surface area contributed by atoms with Gasteiger partial charge in [-0.1, -0.05) is 0 Å². The maximum atomic E-state index is 11.7. The predicted octanol–water partition coefficient (Wildman–Crippen LogP) is 1.40. The third-order valence-corrected chi connectivity index (χ3v) is 3.39. The fourth-order valence-corrected chi connectivity index (χ4v) is 2.18. The highest BCUT2D eigenvalue weighted by Gasteiger charge is 2.26. The molecule has 8 heteroatoms. The van der Waals surface area contributed by atoms with E-state index in [1.165, 1.54) is 13.0 Å². The average molecular weight is 315 g/mol. The van der Waals surface area contributed by atoms with Gasteiger partial charge < -0.3 is 14.9 Å². The molecule has 0 aliphatic carbocycles. The van der Waals surface area contributed by atoms with Crippen LogP contribution in [-0.4, -0.2) is 40.1 Å². The molecule has 2 N–H and O–H groups in total. The number of benzene rings is 1. The molecule has 0 radical (unpaired) electrons. The second kappa shape index (κ2) is 7.39. The summed E-state index contributed by atoms with van der Waals surface area (Å²) in [4.78, 5) is 22.1. The van der Waals surface area contributed by atoms with Gasteiger partial charge in [0.25, 0.3) is 5.69 Å². The second-order valence-electron chi connectivity index (χ2n) is 4.49. The molecule has 0 heterocycles. The molecule has 116 valence electrons. The number of aliphatic hydroxyl groups is 2. The zero-order valence-electron chi connectivity index (χ0n) is 11.6. The van der Waals surface area contributed by atoms with Crippen molar-refractivity contribution in [3.63, 3.8) is 0 Å². The molecule has 0 amide bonds. The van der Waals surface area contributed by atoms with Gasteiger partial charge in [-0.3, -0.25) is 10.1 Å². The lowest BCUT2D eigenvalue weighted by Crippen LogP contribution is -2.20. The number of nitro groups is 1. The number of rotatable bonds is 6. The van der Waals surface area contributed by atoms with Gasteiger partial charge in [-0.2, -0.15) is 12.6 Å². The van der Waals surface area contributed by atoms with Crippen molar-refractivity contribution >= 4 is 24.3 Å². The van der Waals surface area contributed by atoms with Crippen LogP contribution < -0.4 is 0 Å². The molecule has 0 fully saturated rings. The molecule has 1 aromatic carbocycles. The number of hydrogen-bond acceptors (Lipinski definition) is 7. The number of methoxy groups -OCH3 is 1. The number of nitrogens with zero attached hydrogens (tertiary/aromatic N) is 1. The molecule has 0 aliphatic heterocycles. The molecule has 0 aliphatic rings. The van der Waals surface area contributed by atoms with Crippen molar-refractivity contribution in [3.8, 4) is 0 Å². The first-order valence-corrected chi connectivity index (χ1v) is 6.81. The van der Waals surface area contributed by atoms with Gasteiger partial charge in [-0.15, -0.1) is 0 Å². The van der Waals surface area contributed by atoms with Crippen molar-refractivity contribution in [2.75, 3.05) is 12.9 Å². The molecule has 0 saturated heterocycles. The van der Waals surface area contributed by atoms with E-state index in [4.69, 9.17) is 0 Å². The highest BCUT2D eigenvalue weighted by molar-refractivity contribution is 7.80. The van der Waals surface area contributed by atoms with E-state index in [-0.39, 0.29) is 28.8 Å². The first kappa shape index (κ1) is 17.4. The van der Waals surface area contributed by atoms with Gasteiger partial charge in [0, 0.05) is 11.6 Å². The van der Waals surface area contributed by atoms with Crippen LogP contribution in [0.3, 0.4) is 0 Å². The first-order chi connectivity index (χ1) is 9.83. The quantitative estimate of drug-likeness (QED) is 0.317. The topological polar surface area (TPSA) is 110 Å². The van der Waals surface area contributed by atoms with Crippen LogP contribution >= 0.6 is 12.6 Å². The Morgan fingerprint density at radius 2 is 2.10 bits per heavy atom. The van der Waals surface area contributed by atoms with Crippen LogP contribution in [0.2, 0.25) is 0 Å². The largest absolute Gasteiger partial charge is 0.465 e. The van der Waals surface area contributed by atoms with E-state index >= 15 is 0 Å². The van der Waals surface area contributed by atoms with Gasteiger partial charge in [0.1, 0.15) is 6.10 Å². The van der Waals surface area contributed by atoms with E-state index in [2.05, 4.69) is 17.4 Å². The lowest BCUT2D eigenvalue weighted by atomic mass is 9.96. The Morgan fingerprint density at radius 3 is 2.57 bits per heavy atom. The number of aliphatic hydroxyl groups excluding tert-OH is 2. The Labute approximate surface area is 127 Å². The lowest BCUT2D eigenvalue weighted by molar-refractivity contribution is -0.385. The van der Waals surface area contributed by atoms with Crippen LogP contribution in [-0.2, 0) is 4.74 Å². The van der Waals surface area contributed by atoms with Crippen LogP contribution in [0.5, 0.6) is 0 Å². The van der Waals surface area contributed by atoms with E-state index in [1.807, 2.05) is 0 Å². The minimum absolute atomic E-state index is 0.0150. The maximum Gasteiger partial charge on any atom is 0.338 e. The van der Waals surface area contributed by atoms with Crippen molar-refractivity contribution in [2.45, 2.75) is 25.6 Å². The molecule has 0 spiro atoms. The van der Waals surface area contributed by atoms with Gasteiger partial charge in [0.05, 0.1) is 23.7 Å². The van der Waals surface area contributed by atoms with Crippen molar-refractivity contribution in [1.29, 1.82) is 0 Å². The summed E-state index contributed by atoms with van der Waals surface area (Å²) >= 11 is 3.95. The Kier molecular flexibility index (Phi) is 6.13. The minimum atomic E-state index is -1.35. The van der Waals surface area contributed by atoms with E-state index < -0.39 is 23.1 Å². The van der Waals surface area contributed by atoms with Crippen molar-refractivity contribution in [2.24, 2.45) is 0 Å². The Hall–Kier alpha value is -1.64. The fourth-order valence-electron chi connectivity index (χ4n) is 1.92. The summed E-state index contributed by atoms with van der Waals surface area (Å²) in [5, 5.41) is 30.9. The monoisotopic (exact) mass is 315 g/mol. The second-order valence-corrected chi connectivity index (χ2v) is 4.93. The van der Waals surface area contributed by atoms with Gasteiger partial charge >= 0.3 is 5.97 Å². The van der Waals surface area contributed by atoms with Crippen LogP contribution in [0, 0.1) is 17.0 Å². The molecule has 0 saturated carbocycles. The van der Waals surface area contributed by atoms with Gasteiger partial charge in [-0.25, -0.2) is 4.79 Å². The Bertz CT molecular complexity index is 548. The molecule has 1 aromatic rings. The van der Waals surface area contributed by atoms with Crippen molar-refractivity contribution in [3.05, 3.63) is 38.9 Å². The van der Waals surface area contributed by atoms with Crippen molar-refractivity contribution in [1.82, 2.24) is 0 Å². The summed E-state index contributed by atoms with van der Waals surface area (Å²) in [5.74, 6) is -0.399. The summed E-state index contributed by atoms with van der Waals surface area (Å²) in [7, 11) is 1.16. The van der Waals surface area contributed by atoms with E-state index in [0.29, 0.717) is 5.75 Å². The van der Waals surface area contributed by atoms with Gasteiger partial charge in [0.2, 0.25) is 0 Å². The average Bonchev–Trinajstić information content (AvgIpc) is 2.45. The number of esters is 1. The predicted molar refractivity (Wildman–Crippen MR) is 78.6 cm³/mol. The molecular formula is C13H17NO6S. The van der Waals surface area contributed by atoms with E-state index in [1.54, 1.807) is 0 Å².